The Kier molecular flexibility index (Phi) is 7.94. The van der Waals surface area contributed by atoms with Crippen LogP contribution in [0.4, 0.5) is 0 Å². The lowest BCUT2D eigenvalue weighted by atomic mass is 9.98. The number of benzene rings is 2. The number of methoxy groups -OCH3 is 1. The highest BCUT2D eigenvalue weighted by Gasteiger charge is 2.24. The fourth-order valence-corrected chi connectivity index (χ4v) is 4.71. The van der Waals surface area contributed by atoms with Gasteiger partial charge in [-0.05, 0) is 74.0 Å². The predicted molar refractivity (Wildman–Crippen MR) is 141 cm³/mol. The van der Waals surface area contributed by atoms with Gasteiger partial charge in [0.15, 0.2) is 5.82 Å². The standard InChI is InChI=1S/C28H37N5O3/c1-6-29-28(35)27-31-30-26(23-15-22(18(2)3)25(36-5)16-24(23)34)33(27)21-9-7-20(8-10-21)17-32-13-11-19(4)12-14-32/h7-10,15-16,18-19,34H,6,11-14,17H2,1-5H3,(H,29,35). The van der Waals surface area contributed by atoms with E-state index >= 15 is 0 Å². The topological polar surface area (TPSA) is 92.5 Å². The van der Waals surface area contributed by atoms with Gasteiger partial charge in [-0.3, -0.25) is 14.3 Å². The van der Waals surface area contributed by atoms with Crippen molar-refractivity contribution in [1.29, 1.82) is 0 Å². The number of hydrogen-bond donors (Lipinski definition) is 2. The number of phenolic OH excluding ortho intramolecular Hbond substituents is 1. The van der Waals surface area contributed by atoms with Crippen molar-refractivity contribution in [3.8, 4) is 28.6 Å². The summed E-state index contributed by atoms with van der Waals surface area (Å²) in [6, 6.07) is 11.6. The Labute approximate surface area is 213 Å². The number of nitrogens with zero attached hydrogens (tertiary/aromatic N) is 4. The van der Waals surface area contributed by atoms with Crippen molar-refractivity contribution in [2.24, 2.45) is 5.92 Å². The van der Waals surface area contributed by atoms with E-state index < -0.39 is 0 Å². The van der Waals surface area contributed by atoms with E-state index in [1.54, 1.807) is 17.7 Å². The molecule has 0 aliphatic carbocycles. The molecule has 2 heterocycles. The number of aromatic nitrogens is 3. The minimum Gasteiger partial charge on any atom is -0.507 e. The summed E-state index contributed by atoms with van der Waals surface area (Å²) >= 11 is 0. The molecule has 1 saturated heterocycles. The number of rotatable bonds is 8. The molecule has 1 aliphatic rings. The summed E-state index contributed by atoms with van der Waals surface area (Å²) in [7, 11) is 1.59. The van der Waals surface area contributed by atoms with Crippen LogP contribution in [0, 0.1) is 5.92 Å². The molecular weight excluding hydrogens is 454 g/mol. The molecule has 2 aromatic carbocycles. The first-order valence-corrected chi connectivity index (χ1v) is 12.8. The maximum atomic E-state index is 12.9. The highest BCUT2D eigenvalue weighted by molar-refractivity contribution is 5.92. The summed E-state index contributed by atoms with van der Waals surface area (Å²) in [5.41, 5.74) is 3.41. The average Bonchev–Trinajstić information content (AvgIpc) is 3.30. The van der Waals surface area contributed by atoms with Crippen LogP contribution in [0.3, 0.4) is 0 Å². The molecule has 4 rings (SSSR count). The molecule has 0 radical (unpaired) electrons. The third kappa shape index (κ3) is 5.38. The van der Waals surface area contributed by atoms with Crippen LogP contribution in [0.25, 0.3) is 17.1 Å². The number of hydrogen-bond acceptors (Lipinski definition) is 6. The normalized spacial score (nSPS) is 14.8. The zero-order valence-corrected chi connectivity index (χ0v) is 21.9. The highest BCUT2D eigenvalue weighted by Crippen LogP contribution is 2.38. The summed E-state index contributed by atoms with van der Waals surface area (Å²) < 4.78 is 7.19. The second-order valence-corrected chi connectivity index (χ2v) is 9.93. The van der Waals surface area contributed by atoms with Crippen molar-refractivity contribution in [3.05, 3.63) is 53.3 Å². The molecule has 0 unspecified atom stereocenters. The van der Waals surface area contributed by atoms with Gasteiger partial charge in [0.05, 0.1) is 12.7 Å². The number of aromatic hydroxyl groups is 1. The Bertz CT molecular complexity index is 1190. The minimum absolute atomic E-state index is 0.0169. The van der Waals surface area contributed by atoms with Crippen LogP contribution in [0.2, 0.25) is 0 Å². The maximum Gasteiger partial charge on any atom is 0.289 e. The number of carbonyl (C=O) groups excluding carboxylic acids is 1. The van der Waals surface area contributed by atoms with Crippen LogP contribution in [0.1, 0.15) is 68.2 Å². The Hall–Kier alpha value is -3.39. The summed E-state index contributed by atoms with van der Waals surface area (Å²) in [6.07, 6.45) is 2.48. The smallest absolute Gasteiger partial charge is 0.289 e. The Balaban J connectivity index is 1.74. The van der Waals surface area contributed by atoms with Crippen molar-refractivity contribution in [2.75, 3.05) is 26.7 Å². The highest BCUT2D eigenvalue weighted by atomic mass is 16.5. The molecule has 0 atom stereocenters. The zero-order valence-electron chi connectivity index (χ0n) is 21.9. The first-order valence-electron chi connectivity index (χ1n) is 12.8. The van der Waals surface area contributed by atoms with Gasteiger partial charge >= 0.3 is 0 Å². The van der Waals surface area contributed by atoms with Crippen LogP contribution in [-0.2, 0) is 6.54 Å². The fraction of sp³-hybridized carbons (Fsp3) is 0.464. The van der Waals surface area contributed by atoms with E-state index in [1.807, 2.05) is 25.1 Å². The number of nitrogens with one attached hydrogen (secondary N) is 1. The molecule has 1 amide bonds. The molecule has 8 heteroatoms. The van der Waals surface area contributed by atoms with E-state index in [0.717, 1.165) is 36.8 Å². The van der Waals surface area contributed by atoms with E-state index in [2.05, 4.69) is 53.3 Å². The van der Waals surface area contributed by atoms with Crippen molar-refractivity contribution in [3.63, 3.8) is 0 Å². The van der Waals surface area contributed by atoms with Crippen molar-refractivity contribution in [2.45, 2.75) is 53.0 Å². The SMILES string of the molecule is CCNC(=O)c1nnc(-c2cc(C(C)C)c(OC)cc2O)n1-c1ccc(CN2CCC(C)CC2)cc1. The molecule has 192 valence electrons. The molecule has 1 fully saturated rings. The van der Waals surface area contributed by atoms with Gasteiger partial charge in [-0.2, -0.15) is 0 Å². The number of amides is 1. The number of carbonyl (C=O) groups is 1. The van der Waals surface area contributed by atoms with Crippen LogP contribution < -0.4 is 10.1 Å². The molecule has 1 aliphatic heterocycles. The van der Waals surface area contributed by atoms with Gasteiger partial charge in [0, 0.05) is 24.8 Å². The second-order valence-electron chi connectivity index (χ2n) is 9.93. The lowest BCUT2D eigenvalue weighted by molar-refractivity contribution is 0.0943. The molecule has 1 aromatic heterocycles. The van der Waals surface area contributed by atoms with Crippen LogP contribution in [-0.4, -0.2) is 57.4 Å². The van der Waals surface area contributed by atoms with E-state index in [4.69, 9.17) is 4.74 Å². The van der Waals surface area contributed by atoms with E-state index in [1.165, 1.54) is 18.4 Å². The van der Waals surface area contributed by atoms with E-state index in [0.29, 0.717) is 23.7 Å². The largest absolute Gasteiger partial charge is 0.507 e. The molecular formula is C28H37N5O3. The Morgan fingerprint density at radius 3 is 2.47 bits per heavy atom. The number of phenols is 1. The molecule has 36 heavy (non-hydrogen) atoms. The summed E-state index contributed by atoms with van der Waals surface area (Å²) in [6.45, 7) is 11.9. The van der Waals surface area contributed by atoms with Crippen LogP contribution >= 0.6 is 0 Å². The third-order valence-corrected chi connectivity index (χ3v) is 6.89. The van der Waals surface area contributed by atoms with Gasteiger partial charge in [-0.25, -0.2) is 0 Å². The van der Waals surface area contributed by atoms with Crippen molar-refractivity contribution in [1.82, 2.24) is 25.0 Å². The predicted octanol–water partition coefficient (Wildman–Crippen LogP) is 4.75. The first-order chi connectivity index (χ1) is 17.3. The monoisotopic (exact) mass is 491 g/mol. The van der Waals surface area contributed by atoms with E-state index in [9.17, 15) is 9.90 Å². The van der Waals surface area contributed by atoms with Gasteiger partial charge in [-0.1, -0.05) is 32.9 Å². The Morgan fingerprint density at radius 2 is 1.86 bits per heavy atom. The third-order valence-electron chi connectivity index (χ3n) is 6.89. The zero-order chi connectivity index (χ0) is 25.8. The molecule has 0 bridgehead atoms. The minimum atomic E-state index is -0.320. The molecule has 0 spiro atoms. The lowest BCUT2D eigenvalue weighted by Crippen LogP contribution is -2.32. The van der Waals surface area contributed by atoms with Crippen molar-refractivity contribution >= 4 is 5.91 Å². The fourth-order valence-electron chi connectivity index (χ4n) is 4.71. The number of likely N-dealkylation sites (tertiary alicyclic amines) is 1. The van der Waals surface area contributed by atoms with Gasteiger partial charge in [-0.15, -0.1) is 10.2 Å². The van der Waals surface area contributed by atoms with Gasteiger partial charge in [0.25, 0.3) is 5.91 Å². The van der Waals surface area contributed by atoms with Gasteiger partial charge in [0.2, 0.25) is 5.82 Å². The molecule has 8 nitrogen and oxygen atoms in total. The quantitative estimate of drug-likeness (QED) is 0.472. The molecule has 0 saturated carbocycles. The lowest BCUT2D eigenvalue weighted by Gasteiger charge is -2.30. The summed E-state index contributed by atoms with van der Waals surface area (Å²) in [5.74, 6) is 1.84. The average molecular weight is 492 g/mol. The molecule has 3 aromatic rings. The first kappa shape index (κ1) is 25.7. The maximum absolute atomic E-state index is 12.9. The van der Waals surface area contributed by atoms with Crippen LogP contribution in [0.15, 0.2) is 36.4 Å². The van der Waals surface area contributed by atoms with Crippen LogP contribution in [0.5, 0.6) is 11.5 Å². The van der Waals surface area contributed by atoms with Gasteiger partial charge in [0.1, 0.15) is 11.5 Å². The van der Waals surface area contributed by atoms with E-state index in [-0.39, 0.29) is 23.4 Å². The van der Waals surface area contributed by atoms with Crippen molar-refractivity contribution < 1.29 is 14.6 Å². The summed E-state index contributed by atoms with van der Waals surface area (Å²) in [4.78, 5) is 15.4. The number of ether oxygens (including phenoxy) is 1. The van der Waals surface area contributed by atoms with Gasteiger partial charge < -0.3 is 15.2 Å². The molecule has 2 N–H and O–H groups in total. The second kappa shape index (κ2) is 11.1. The Morgan fingerprint density at radius 1 is 1.17 bits per heavy atom. The summed E-state index contributed by atoms with van der Waals surface area (Å²) in [5, 5.41) is 22.3. The number of piperidine rings is 1.